The lowest BCUT2D eigenvalue weighted by molar-refractivity contribution is -0.124. The quantitative estimate of drug-likeness (QED) is 0.0879. The number of hydrogen-bond donors (Lipinski definition) is 10. The Morgan fingerprint density at radius 2 is 0.791 bits per heavy atom. The third kappa shape index (κ3) is 40.4. The van der Waals surface area contributed by atoms with Gasteiger partial charge in [0.25, 0.3) is 35.6 Å². The van der Waals surface area contributed by atoms with E-state index in [1.165, 1.54) is 6.92 Å². The van der Waals surface area contributed by atoms with Crippen LogP contribution in [0.4, 0.5) is 9.59 Å². The number of nitrogens with one attached hydrogen (secondary N) is 10. The molecule has 35 nitrogen and oxygen atoms in total. The highest BCUT2D eigenvalue weighted by molar-refractivity contribution is 8.77. The average molecular weight is 1420 g/mol. The summed E-state index contributed by atoms with van der Waals surface area (Å²) in [6.07, 6.45) is 2.31. The van der Waals surface area contributed by atoms with Gasteiger partial charge in [-0.15, -0.1) is 0 Å². The van der Waals surface area contributed by atoms with Crippen LogP contribution in [0.25, 0.3) is 0 Å². The molecule has 10 N–H and O–H groups in total. The van der Waals surface area contributed by atoms with E-state index >= 15 is 0 Å². The molecule has 5 amide bonds. The number of amides is 5. The van der Waals surface area contributed by atoms with E-state index < -0.39 is 103 Å². The van der Waals surface area contributed by atoms with Crippen LogP contribution >= 0.6 is 10.8 Å². The first-order valence-electron chi connectivity index (χ1n) is 26.9. The highest BCUT2D eigenvalue weighted by Gasteiger charge is 2.29. The molecule has 0 aromatic heterocycles. The van der Waals surface area contributed by atoms with Crippen LogP contribution in [-0.2, 0) is 110 Å². The summed E-state index contributed by atoms with van der Waals surface area (Å²) in [4.78, 5) is 54.0. The Bertz CT molecular complexity index is 2890. The number of hydrogen-bond acceptors (Lipinski definition) is 29. The fourth-order valence-corrected chi connectivity index (χ4v) is 17.5. The van der Waals surface area contributed by atoms with Gasteiger partial charge in [-0.05, 0) is 105 Å². The summed E-state index contributed by atoms with van der Waals surface area (Å²) in [5, 5.41) is 20.7. The monoisotopic (exact) mass is 1420 g/mol. The van der Waals surface area contributed by atoms with Crippen molar-refractivity contribution >= 4 is 119 Å². The summed E-state index contributed by atoms with van der Waals surface area (Å²) in [6, 6.07) is -1.30. The van der Waals surface area contributed by atoms with Gasteiger partial charge in [0.1, 0.15) is 30.5 Å². The van der Waals surface area contributed by atoms with Gasteiger partial charge in [0.2, 0.25) is 46.6 Å². The lowest BCUT2D eigenvalue weighted by Crippen LogP contribution is -2.52. The zero-order chi connectivity index (χ0) is 65.6. The molecular formula is C42H84N10O25S9. The molecule has 8 aliphatic rings. The molecule has 0 aromatic rings. The van der Waals surface area contributed by atoms with Crippen molar-refractivity contribution < 1.29 is 108 Å². The first-order chi connectivity index (χ1) is 39.5. The van der Waals surface area contributed by atoms with Crippen molar-refractivity contribution in [3.63, 3.8) is 0 Å². The second-order valence-electron chi connectivity index (χ2n) is 19.7. The molecule has 0 saturated carbocycles. The van der Waals surface area contributed by atoms with Gasteiger partial charge in [0.15, 0.2) is 9.84 Å². The Morgan fingerprint density at radius 3 is 1.27 bits per heavy atom. The van der Waals surface area contributed by atoms with Crippen LogP contribution in [0.2, 0.25) is 0 Å². The van der Waals surface area contributed by atoms with Gasteiger partial charge in [-0.3, -0.25) is 47.7 Å². The Hall–Kier alpha value is -3.22. The number of sulfone groups is 1. The smallest absolute Gasteiger partial charge is 0.355 e. The van der Waals surface area contributed by atoms with E-state index in [0.717, 1.165) is 0 Å². The van der Waals surface area contributed by atoms with Crippen molar-refractivity contribution in [3.05, 3.63) is 0 Å². The zero-order valence-electron chi connectivity index (χ0n) is 48.5. The first kappa shape index (κ1) is 80.8. The average Bonchev–Trinajstić information content (AvgIpc) is 3.90. The van der Waals surface area contributed by atoms with Gasteiger partial charge < -0.3 is 30.8 Å². The maximum Gasteiger partial charge on any atom is 0.422 e. The number of carbonyl (C=O) groups is 5. The molecule has 8 saturated heterocycles. The summed E-state index contributed by atoms with van der Waals surface area (Å²) < 4.78 is 197. The topological polar surface area (TPSA) is 516 Å². The van der Waals surface area contributed by atoms with E-state index in [-0.39, 0.29) is 94.1 Å². The maximum absolute atomic E-state index is 11.5. The van der Waals surface area contributed by atoms with Crippen LogP contribution in [0.1, 0.15) is 92.9 Å². The Morgan fingerprint density at radius 1 is 0.419 bits per heavy atom. The number of rotatable bonds is 1. The SMILES string of the molecule is CC(C)[C@@H]1NS(=O)(=O)CCCNC1=O.CC1NCCCS(=O)(=O)O1.CC1NCCCS(=O)(=O)O1.CC1NCCCS(=O)(=O)O1.C[C@@H]1NS(=O)(=O)CCCNC1=O.O=C1CS(=O)(=O)CCCN1.O=C1NCCCS(=O)(=O)O1.O=C1NCCCS(=O)(=O)S1. The summed E-state index contributed by atoms with van der Waals surface area (Å²) in [7, 11) is -25.6. The predicted molar refractivity (Wildman–Crippen MR) is 317 cm³/mol. The fourth-order valence-electron chi connectivity index (χ4n) is 7.00. The van der Waals surface area contributed by atoms with Crippen LogP contribution in [0.15, 0.2) is 0 Å². The normalized spacial score (nSPS) is 28.9. The van der Waals surface area contributed by atoms with Gasteiger partial charge in [-0.2, -0.15) is 33.7 Å². The van der Waals surface area contributed by atoms with Gasteiger partial charge in [0, 0.05) is 32.7 Å². The molecule has 0 bridgehead atoms. The molecule has 0 aromatic carbocycles. The molecule has 506 valence electrons. The molecule has 86 heavy (non-hydrogen) atoms. The van der Waals surface area contributed by atoms with E-state index in [0.29, 0.717) is 115 Å². The van der Waals surface area contributed by atoms with Crippen LogP contribution in [0.5, 0.6) is 0 Å². The minimum atomic E-state index is -3.58. The molecule has 5 atom stereocenters. The van der Waals surface area contributed by atoms with Gasteiger partial charge >= 0.3 is 16.2 Å². The molecular weight excluding hydrogens is 1330 g/mol. The van der Waals surface area contributed by atoms with Crippen LogP contribution in [0, 0.1) is 5.92 Å². The zero-order valence-corrected chi connectivity index (χ0v) is 55.9. The molecule has 0 spiro atoms. The summed E-state index contributed by atoms with van der Waals surface area (Å²) in [5.41, 5.74) is 0. The van der Waals surface area contributed by atoms with E-state index in [1.54, 1.807) is 20.8 Å². The van der Waals surface area contributed by atoms with Crippen molar-refractivity contribution in [1.29, 1.82) is 0 Å². The van der Waals surface area contributed by atoms with Crippen LogP contribution < -0.4 is 52.0 Å². The molecule has 0 aliphatic carbocycles. The van der Waals surface area contributed by atoms with E-state index in [2.05, 4.69) is 68.7 Å². The molecule has 8 aliphatic heterocycles. The first-order valence-corrected chi connectivity index (χ1v) is 41.3. The van der Waals surface area contributed by atoms with Crippen molar-refractivity contribution in [2.45, 2.75) is 124 Å². The van der Waals surface area contributed by atoms with Crippen LogP contribution in [0.3, 0.4) is 0 Å². The second kappa shape index (κ2) is 38.5. The Kier molecular flexibility index (Phi) is 36.1. The van der Waals surface area contributed by atoms with E-state index in [1.807, 2.05) is 13.8 Å². The lowest BCUT2D eigenvalue weighted by atomic mass is 10.1. The van der Waals surface area contributed by atoms with Gasteiger partial charge in [0.05, 0.1) is 62.9 Å². The van der Waals surface area contributed by atoms with Crippen molar-refractivity contribution in [1.82, 2.24) is 52.0 Å². The largest absolute Gasteiger partial charge is 0.422 e. The van der Waals surface area contributed by atoms with E-state index in [4.69, 9.17) is 0 Å². The molecule has 8 fully saturated rings. The highest BCUT2D eigenvalue weighted by atomic mass is 33.1. The molecule has 44 heteroatoms. The minimum Gasteiger partial charge on any atom is -0.355 e. The predicted octanol–water partition coefficient (Wildman–Crippen LogP) is -4.19. The van der Waals surface area contributed by atoms with Crippen LogP contribution in [-0.4, -0.2) is 231 Å². The maximum atomic E-state index is 11.5. The molecule has 8 heterocycles. The summed E-state index contributed by atoms with van der Waals surface area (Å²) in [6.45, 7) is 14.5. The third-order valence-electron chi connectivity index (χ3n) is 11.1. The molecule has 3 unspecified atom stereocenters. The Balaban J connectivity index is 0.000000493. The van der Waals surface area contributed by atoms with Crippen molar-refractivity contribution in [2.24, 2.45) is 5.92 Å². The molecule has 8 rings (SSSR count). The van der Waals surface area contributed by atoms with Crippen molar-refractivity contribution in [2.75, 3.05) is 104 Å². The minimum absolute atomic E-state index is 0.0390. The summed E-state index contributed by atoms with van der Waals surface area (Å²) in [5.74, 6) is -0.574. The number of sulfonamides is 2. The highest BCUT2D eigenvalue weighted by Crippen LogP contribution is 2.17. The number of carbonyl (C=O) groups excluding carboxylic acids is 5. The lowest BCUT2D eigenvalue weighted by Gasteiger charge is -2.23. The molecule has 0 radical (unpaired) electrons. The van der Waals surface area contributed by atoms with Gasteiger partial charge in [-0.25, -0.2) is 47.9 Å². The summed E-state index contributed by atoms with van der Waals surface area (Å²) >= 11 is 0. The van der Waals surface area contributed by atoms with Crippen molar-refractivity contribution in [3.8, 4) is 0 Å². The second-order valence-corrected chi connectivity index (χ2v) is 36.5. The van der Waals surface area contributed by atoms with E-state index in [9.17, 15) is 91.3 Å². The Labute approximate surface area is 509 Å². The standard InChI is InChI=1S/C8H16N2O3S.C6H12N2O3S.3C5H11NO3S.C5H9NO3S.C4H7NO4S.C4H7NO3S2/c1-6(2)7-8(11)9-4-3-5-14(12,13)10-7;1-5-6(9)7-3-2-4-12(10,11)8-5;3*1-5-6-3-2-4-10(7,8)9-5;7-5-4-10(8,9)3-1-2-6-5;2*6-4-5-2-1-3-10(7,8)9-4/h6-7,10H,3-5H2,1-2H3,(H,9,11);5,8H,2-4H2,1H3,(H,7,9);3*5-6H,2-4H2,1H3;1-4H2,(H,6,7);2*1-3H2,(H,5,6)/t7-;5-;;;;;;/m00....../s1. The third-order valence-corrected chi connectivity index (χ3v) is 24.0. The van der Waals surface area contributed by atoms with Gasteiger partial charge in [-0.1, -0.05) is 13.8 Å². The fraction of sp³-hybridized carbons (Fsp3) is 0.881.